The van der Waals surface area contributed by atoms with E-state index in [2.05, 4.69) is 11.9 Å². The highest BCUT2D eigenvalue weighted by molar-refractivity contribution is 5.71. The van der Waals surface area contributed by atoms with Gasteiger partial charge in [-0.1, -0.05) is 121 Å². The Kier molecular flexibility index (Phi) is 17.4. The number of hydrogen-bond acceptors (Lipinski definition) is 2. The third-order valence-corrected chi connectivity index (χ3v) is 5.77. The minimum Gasteiger partial charge on any atom is -0.493 e. The first-order valence-electron chi connectivity index (χ1n) is 12.6. The molecule has 2 amide bonds. The van der Waals surface area contributed by atoms with Crippen molar-refractivity contribution >= 4 is 12.1 Å². The van der Waals surface area contributed by atoms with E-state index in [1.807, 2.05) is 30.3 Å². The van der Waals surface area contributed by atoms with Gasteiger partial charge in [0, 0.05) is 12.1 Å². The van der Waals surface area contributed by atoms with E-state index < -0.39 is 6.03 Å². The summed E-state index contributed by atoms with van der Waals surface area (Å²) in [5.41, 5.74) is 6.11. The fourth-order valence-corrected chi connectivity index (χ4v) is 3.88. The van der Waals surface area contributed by atoms with E-state index in [0.29, 0.717) is 0 Å². The quantitative estimate of drug-likeness (QED) is 0.197. The van der Waals surface area contributed by atoms with Crippen LogP contribution in [0.4, 0.5) is 4.79 Å². The predicted molar refractivity (Wildman–Crippen MR) is 133 cm³/mol. The Labute approximate surface area is 191 Å². The van der Waals surface area contributed by atoms with Crippen molar-refractivity contribution in [2.45, 2.75) is 103 Å². The second-order valence-corrected chi connectivity index (χ2v) is 8.54. The lowest BCUT2D eigenvalue weighted by Crippen LogP contribution is -2.29. The van der Waals surface area contributed by atoms with Gasteiger partial charge in [0.05, 0.1) is 6.61 Å². The van der Waals surface area contributed by atoms with E-state index in [1.165, 1.54) is 89.9 Å². The number of amides is 2. The van der Waals surface area contributed by atoms with E-state index in [4.69, 9.17) is 10.5 Å². The molecule has 1 aromatic rings. The molecule has 1 rings (SSSR count). The van der Waals surface area contributed by atoms with Gasteiger partial charge in [-0.3, -0.25) is 0 Å². The minimum absolute atomic E-state index is 0.410. The zero-order valence-electron chi connectivity index (χ0n) is 19.7. The van der Waals surface area contributed by atoms with Gasteiger partial charge in [-0.15, -0.1) is 0 Å². The molecule has 0 aliphatic carbocycles. The van der Waals surface area contributed by atoms with Crippen molar-refractivity contribution in [1.29, 1.82) is 0 Å². The lowest BCUT2D eigenvalue weighted by atomic mass is 10.0. The largest absolute Gasteiger partial charge is 0.493 e. The maximum atomic E-state index is 10.5. The lowest BCUT2D eigenvalue weighted by Gasteiger charge is -2.08. The molecule has 4 heteroatoms. The van der Waals surface area contributed by atoms with Crippen LogP contribution in [0.2, 0.25) is 0 Å². The number of hydrogen-bond donors (Lipinski definition) is 2. The third-order valence-electron chi connectivity index (χ3n) is 5.77. The molecule has 4 nitrogen and oxygen atoms in total. The first kappa shape index (κ1) is 27.1. The van der Waals surface area contributed by atoms with Gasteiger partial charge in [0.1, 0.15) is 5.75 Å². The maximum Gasteiger partial charge on any atom is 0.312 e. The van der Waals surface area contributed by atoms with Crippen molar-refractivity contribution in [2.24, 2.45) is 5.73 Å². The average Bonchev–Trinajstić information content (AvgIpc) is 2.77. The number of primary amides is 1. The summed E-state index contributed by atoms with van der Waals surface area (Å²) in [6.07, 6.45) is 22.8. The number of ether oxygens (including phenoxy) is 1. The number of nitrogens with two attached hydrogens (primary N) is 1. The summed E-state index contributed by atoms with van der Waals surface area (Å²) >= 11 is 0. The standard InChI is InChI=1S/C27H46N2O2/c1-2-25-21-17-18-22-26(25)31-24-20-16-14-12-10-8-6-4-3-5-7-9-11-13-15-19-23-29-27(28)30/h2,17-18,21-22H,1,3-16,19-20,23-24H2,(H3,28,29,30). The number of para-hydroxylation sites is 1. The molecule has 0 fully saturated rings. The van der Waals surface area contributed by atoms with Crippen LogP contribution in [0.15, 0.2) is 30.8 Å². The molecule has 0 aliphatic heterocycles. The zero-order valence-corrected chi connectivity index (χ0v) is 19.7. The molecule has 3 N–H and O–H groups in total. The van der Waals surface area contributed by atoms with Crippen LogP contribution < -0.4 is 15.8 Å². The molecular weight excluding hydrogens is 384 g/mol. The van der Waals surface area contributed by atoms with Crippen LogP contribution in [-0.2, 0) is 0 Å². The van der Waals surface area contributed by atoms with Crippen LogP contribution >= 0.6 is 0 Å². The van der Waals surface area contributed by atoms with Gasteiger partial charge in [-0.2, -0.15) is 0 Å². The van der Waals surface area contributed by atoms with E-state index >= 15 is 0 Å². The number of carbonyl (C=O) groups is 1. The van der Waals surface area contributed by atoms with Crippen molar-refractivity contribution in [2.75, 3.05) is 13.2 Å². The fourth-order valence-electron chi connectivity index (χ4n) is 3.88. The molecule has 0 unspecified atom stereocenters. The van der Waals surface area contributed by atoms with Gasteiger partial charge in [0.2, 0.25) is 0 Å². The second kappa shape index (κ2) is 20.0. The molecule has 0 bridgehead atoms. The monoisotopic (exact) mass is 430 g/mol. The Hall–Kier alpha value is -1.97. The normalized spacial score (nSPS) is 10.7. The van der Waals surface area contributed by atoms with Gasteiger partial charge < -0.3 is 15.8 Å². The Morgan fingerprint density at radius 2 is 1.23 bits per heavy atom. The maximum absolute atomic E-state index is 10.5. The molecular formula is C27H46N2O2. The van der Waals surface area contributed by atoms with Crippen LogP contribution in [0, 0.1) is 0 Å². The van der Waals surface area contributed by atoms with Crippen LogP contribution in [0.1, 0.15) is 108 Å². The van der Waals surface area contributed by atoms with Crippen molar-refractivity contribution in [3.63, 3.8) is 0 Å². The molecule has 0 spiro atoms. The number of carbonyl (C=O) groups excluding carboxylic acids is 1. The van der Waals surface area contributed by atoms with Crippen molar-refractivity contribution in [1.82, 2.24) is 5.32 Å². The third kappa shape index (κ3) is 16.4. The number of unbranched alkanes of at least 4 members (excludes halogenated alkanes) is 15. The molecule has 0 aromatic heterocycles. The van der Waals surface area contributed by atoms with Gasteiger partial charge in [0.15, 0.2) is 0 Å². The summed E-state index contributed by atoms with van der Waals surface area (Å²) in [6, 6.07) is 7.68. The van der Waals surface area contributed by atoms with Crippen molar-refractivity contribution in [3.8, 4) is 5.75 Å². The Balaban J connectivity index is 1.74. The average molecular weight is 431 g/mol. The van der Waals surface area contributed by atoms with Crippen LogP contribution in [-0.4, -0.2) is 19.2 Å². The highest BCUT2D eigenvalue weighted by Crippen LogP contribution is 2.19. The summed E-state index contributed by atoms with van der Waals surface area (Å²) in [4.78, 5) is 10.5. The number of benzene rings is 1. The van der Waals surface area contributed by atoms with Gasteiger partial charge in [0.25, 0.3) is 0 Å². The summed E-state index contributed by atoms with van der Waals surface area (Å²) in [7, 11) is 0. The molecule has 0 aliphatic rings. The minimum atomic E-state index is -0.410. The summed E-state index contributed by atoms with van der Waals surface area (Å²) in [5.74, 6) is 0.951. The summed E-state index contributed by atoms with van der Waals surface area (Å²) in [5, 5.41) is 2.64. The molecule has 0 atom stereocenters. The van der Waals surface area contributed by atoms with Crippen LogP contribution in [0.3, 0.4) is 0 Å². The molecule has 0 saturated carbocycles. The number of nitrogens with one attached hydrogen (secondary N) is 1. The highest BCUT2D eigenvalue weighted by Gasteiger charge is 1.99. The molecule has 0 saturated heterocycles. The van der Waals surface area contributed by atoms with Crippen molar-refractivity contribution < 1.29 is 9.53 Å². The zero-order chi connectivity index (χ0) is 22.4. The topological polar surface area (TPSA) is 64.3 Å². The first-order chi connectivity index (χ1) is 15.2. The van der Waals surface area contributed by atoms with E-state index in [1.54, 1.807) is 0 Å². The van der Waals surface area contributed by atoms with Crippen molar-refractivity contribution in [3.05, 3.63) is 36.4 Å². The van der Waals surface area contributed by atoms with E-state index in [-0.39, 0.29) is 0 Å². The Morgan fingerprint density at radius 1 is 0.774 bits per heavy atom. The Morgan fingerprint density at radius 3 is 1.71 bits per heavy atom. The van der Waals surface area contributed by atoms with Crippen LogP contribution in [0.25, 0.3) is 6.08 Å². The smallest absolute Gasteiger partial charge is 0.312 e. The predicted octanol–water partition coefficient (Wildman–Crippen LogP) is 7.62. The molecule has 1 aromatic carbocycles. The Bertz CT molecular complexity index is 574. The number of urea groups is 1. The van der Waals surface area contributed by atoms with E-state index in [0.717, 1.165) is 37.3 Å². The van der Waals surface area contributed by atoms with Gasteiger partial charge in [-0.05, 0) is 18.9 Å². The summed E-state index contributed by atoms with van der Waals surface area (Å²) in [6.45, 7) is 5.36. The molecule has 31 heavy (non-hydrogen) atoms. The highest BCUT2D eigenvalue weighted by atomic mass is 16.5. The number of rotatable bonds is 21. The second-order valence-electron chi connectivity index (χ2n) is 8.54. The van der Waals surface area contributed by atoms with Gasteiger partial charge in [-0.25, -0.2) is 4.79 Å². The molecule has 0 heterocycles. The lowest BCUT2D eigenvalue weighted by molar-refractivity contribution is 0.248. The molecule has 0 radical (unpaired) electrons. The molecule has 176 valence electrons. The van der Waals surface area contributed by atoms with Crippen LogP contribution in [0.5, 0.6) is 5.75 Å². The SMILES string of the molecule is C=Cc1ccccc1OCCCCCCCCCCCCCCCCCCNC(N)=O. The van der Waals surface area contributed by atoms with Gasteiger partial charge >= 0.3 is 6.03 Å². The first-order valence-corrected chi connectivity index (χ1v) is 12.6. The van der Waals surface area contributed by atoms with E-state index in [9.17, 15) is 4.79 Å². The fraction of sp³-hybridized carbons (Fsp3) is 0.667. The summed E-state index contributed by atoms with van der Waals surface area (Å²) < 4.78 is 5.88.